The second-order valence-electron chi connectivity index (χ2n) is 30.3. The SMILES string of the molecule is C.C.C.C.C.CC(N)C(c1ccccc1)C(OCO)C(CC(c1ccccc1)C(N)C(CC(N)(c1ccccc1)C(O)C(C)(NC=O)c1ccccc1)(OCO)c1ccccc1)c1ccccc1.CC(O)C(CC(CC(c1ccccc1)C(O)C(CC(c1ccccc1)C(C)OCO)c1ccccc1)(OCO)c1ccccc1)c1ccccc1.CO. The van der Waals surface area contributed by atoms with E-state index in [1.165, 1.54) is 0 Å². The number of nitrogens with two attached hydrogens (primary N) is 3. The Morgan fingerprint density at radius 3 is 1.08 bits per heavy atom. The highest BCUT2D eigenvalue weighted by Crippen LogP contribution is 2.53. The molecule has 0 saturated heterocycles. The van der Waals surface area contributed by atoms with Gasteiger partial charge in [-0.05, 0) is 115 Å². The van der Waals surface area contributed by atoms with Crippen molar-refractivity contribution in [3.63, 3.8) is 0 Å². The zero-order chi connectivity index (χ0) is 82.9. The maximum atomic E-state index is 13.0. The molecule has 17 heteroatoms. The lowest BCUT2D eigenvalue weighted by Gasteiger charge is -2.52. The highest BCUT2D eigenvalue weighted by molar-refractivity contribution is 5.51. The Balaban J connectivity index is 0.000000488. The first-order chi connectivity index (χ1) is 56.4. The van der Waals surface area contributed by atoms with E-state index >= 15 is 0 Å². The van der Waals surface area contributed by atoms with E-state index in [1.54, 1.807) is 13.8 Å². The van der Waals surface area contributed by atoms with Gasteiger partial charge in [-0.3, -0.25) is 4.79 Å². The van der Waals surface area contributed by atoms with Gasteiger partial charge in [0.25, 0.3) is 0 Å². The van der Waals surface area contributed by atoms with Crippen LogP contribution in [0.4, 0.5) is 0 Å². The van der Waals surface area contributed by atoms with Crippen LogP contribution in [0.5, 0.6) is 0 Å². The summed E-state index contributed by atoms with van der Waals surface area (Å²) in [5.41, 5.74) is 26.1. The van der Waals surface area contributed by atoms with Crippen LogP contribution in [-0.4, -0.2) is 124 Å². The monoisotopic (exact) mass is 1650 g/mol. The minimum absolute atomic E-state index is 0. The largest absolute Gasteiger partial charge is 0.400 e. The lowest BCUT2D eigenvalue weighted by atomic mass is 9.63. The smallest absolute Gasteiger partial charge is 0.207 e. The van der Waals surface area contributed by atoms with Crippen LogP contribution >= 0.6 is 0 Å². The molecule has 0 spiro atoms. The number of carbonyl (C=O) groups excluding carboxylic acids is 1. The molecule has 0 aliphatic carbocycles. The predicted octanol–water partition coefficient (Wildman–Crippen LogP) is 17.9. The zero-order valence-corrected chi connectivity index (χ0v) is 67.1. The van der Waals surface area contributed by atoms with Crippen molar-refractivity contribution in [2.45, 2.75) is 203 Å². The molecule has 18 atom stereocenters. The van der Waals surface area contributed by atoms with Crippen molar-refractivity contribution in [2.24, 2.45) is 17.2 Å². The summed E-state index contributed by atoms with van der Waals surface area (Å²) in [7, 11) is 1.00. The van der Waals surface area contributed by atoms with Crippen LogP contribution in [0.25, 0.3) is 0 Å². The Kier molecular flexibility index (Phi) is 44.5. The maximum absolute atomic E-state index is 13.0. The fraction of sp³-hybridized carbons (Fsp3) is 0.356. The summed E-state index contributed by atoms with van der Waals surface area (Å²) >= 11 is 0. The Morgan fingerprint density at radius 2 is 0.702 bits per heavy atom. The van der Waals surface area contributed by atoms with Gasteiger partial charge in [0, 0.05) is 67.0 Å². The molecule has 11 rings (SSSR count). The van der Waals surface area contributed by atoms with E-state index in [9.17, 15) is 40.5 Å². The fourth-order valence-corrected chi connectivity index (χ4v) is 17.5. The fourth-order valence-electron chi connectivity index (χ4n) is 17.5. The number of nitrogens with one attached hydrogen (secondary N) is 1. The maximum Gasteiger partial charge on any atom is 0.207 e. The molecule has 0 aromatic heterocycles. The van der Waals surface area contributed by atoms with E-state index in [0.29, 0.717) is 48.8 Å². The molecule has 0 fully saturated rings. The van der Waals surface area contributed by atoms with E-state index in [0.717, 1.165) is 51.6 Å². The molecule has 15 N–H and O–H groups in total. The number of ether oxygens (including phenoxy) is 4. The normalized spacial score (nSPS) is 16.5. The van der Waals surface area contributed by atoms with Crippen molar-refractivity contribution in [1.82, 2.24) is 5.32 Å². The molecule has 17 nitrogen and oxygen atoms in total. The molecule has 18 unspecified atom stereocenters. The summed E-state index contributed by atoms with van der Waals surface area (Å²) in [4.78, 5) is 12.5. The molecule has 0 heterocycles. The first kappa shape index (κ1) is 104. The van der Waals surface area contributed by atoms with E-state index in [-0.39, 0.29) is 79.4 Å². The Labute approximate surface area is 721 Å². The third-order valence-corrected chi connectivity index (χ3v) is 23.4. The van der Waals surface area contributed by atoms with Crippen molar-refractivity contribution in [3.8, 4) is 0 Å². The molecule has 0 saturated carbocycles. The van der Waals surface area contributed by atoms with Gasteiger partial charge in [0.15, 0.2) is 0 Å². The Morgan fingerprint density at radius 1 is 0.380 bits per heavy atom. The first-order valence-electron chi connectivity index (χ1n) is 39.9. The van der Waals surface area contributed by atoms with Gasteiger partial charge >= 0.3 is 0 Å². The number of amides is 1. The molecule has 0 bridgehead atoms. The van der Waals surface area contributed by atoms with Gasteiger partial charge in [-0.15, -0.1) is 0 Å². The van der Waals surface area contributed by atoms with Crippen molar-refractivity contribution < 1.29 is 64.6 Å². The second kappa shape index (κ2) is 51.9. The highest BCUT2D eigenvalue weighted by atomic mass is 16.6. The molecule has 11 aromatic carbocycles. The summed E-state index contributed by atoms with van der Waals surface area (Å²) in [5, 5.41) is 89.2. The third-order valence-electron chi connectivity index (χ3n) is 23.4. The zero-order valence-electron chi connectivity index (χ0n) is 67.1. The quantitative estimate of drug-likeness (QED) is 0.0125. The molecular formula is C104H138N4O13. The minimum Gasteiger partial charge on any atom is -0.400 e. The number of benzene rings is 11. The molecular weight excluding hydrogens is 1510 g/mol. The predicted molar refractivity (Wildman–Crippen MR) is 492 cm³/mol. The minimum atomic E-state index is -1.71. The second-order valence-corrected chi connectivity index (χ2v) is 30.3. The van der Waals surface area contributed by atoms with Crippen LogP contribution < -0.4 is 22.5 Å². The van der Waals surface area contributed by atoms with Crippen LogP contribution in [0, 0.1) is 0 Å². The molecule has 0 radical (unpaired) electrons. The standard InChI is InChI=1S/C53H62N4O6.C45H52O6.CH4O.5CH4/c1-38(54)47(41-25-13-5-14-26-41)48(62-36-59)45(39-21-9-3-10-22-39)33-46(40-23-11-4-12-24-40)49(55)53(63-37-60,44-31-19-8-20-32-44)34-52(56,43-29-17-7-18-30-43)50(61)51(2,57-35-58)42-27-15-6-16-28-42;1-33(48)42(37-22-12-5-13-23-37)29-45(51-32-47,39-26-16-7-17-27-39)30-43(38-24-14-6-15-25-38)44(49)41(36-20-10-4-11-21-36)28-40(34(2)50-31-46)35-18-8-3-9-19-35;1-2;;;;;/h3-32,35,38,45-50,59-61H,33-34,36-37,54-56H2,1-2H3,(H,57,58);3-27,33-34,40-44,46-49H,28-32H2,1-2H3;2H,1H3;5*1H4. The number of hydrogen-bond donors (Lipinski definition) is 12. The summed E-state index contributed by atoms with van der Waals surface area (Å²) < 4.78 is 25.5. The number of aliphatic hydroxyl groups is 8. The van der Waals surface area contributed by atoms with Gasteiger partial charge in [0.2, 0.25) is 6.41 Å². The van der Waals surface area contributed by atoms with Gasteiger partial charge in [-0.25, -0.2) is 0 Å². The van der Waals surface area contributed by atoms with Crippen molar-refractivity contribution >= 4 is 6.41 Å². The van der Waals surface area contributed by atoms with E-state index in [4.69, 9.17) is 41.3 Å². The van der Waals surface area contributed by atoms with Crippen LogP contribution in [0.1, 0.15) is 200 Å². The van der Waals surface area contributed by atoms with E-state index < -0.39 is 97.7 Å². The Bertz CT molecular complexity index is 4490. The lowest BCUT2D eigenvalue weighted by Crippen LogP contribution is -2.65. The molecule has 11 aromatic rings. The molecule has 121 heavy (non-hydrogen) atoms. The summed E-state index contributed by atoms with van der Waals surface area (Å²) in [6.07, 6.45) is -2.10. The van der Waals surface area contributed by atoms with Gasteiger partial charge in [0.1, 0.15) is 38.9 Å². The number of hydrogen-bond acceptors (Lipinski definition) is 16. The topological polar surface area (TPSA) is 306 Å². The van der Waals surface area contributed by atoms with Crippen molar-refractivity contribution in [3.05, 3.63) is 395 Å². The Hall–Kier alpha value is -9.71. The third kappa shape index (κ3) is 26.2. The van der Waals surface area contributed by atoms with Gasteiger partial charge in [-0.2, -0.15) is 0 Å². The van der Waals surface area contributed by atoms with Crippen LogP contribution in [-0.2, 0) is 46.0 Å². The molecule has 0 aliphatic heterocycles. The number of rotatable bonds is 42. The highest BCUT2D eigenvalue weighted by Gasteiger charge is 2.56. The van der Waals surface area contributed by atoms with Crippen molar-refractivity contribution in [2.75, 3.05) is 34.3 Å². The van der Waals surface area contributed by atoms with Crippen LogP contribution in [0.3, 0.4) is 0 Å². The van der Waals surface area contributed by atoms with E-state index in [1.807, 2.05) is 323 Å². The first-order valence-corrected chi connectivity index (χ1v) is 39.9. The summed E-state index contributed by atoms with van der Waals surface area (Å²) in [6.45, 7) is 5.21. The van der Waals surface area contributed by atoms with Gasteiger partial charge in [0.05, 0.1) is 41.1 Å². The van der Waals surface area contributed by atoms with Crippen LogP contribution in [0.2, 0.25) is 0 Å². The molecule has 0 aliphatic rings. The number of aliphatic hydroxyl groups excluding tert-OH is 8. The summed E-state index contributed by atoms with van der Waals surface area (Å²) in [5.74, 6) is -2.59. The van der Waals surface area contributed by atoms with Gasteiger partial charge in [-0.1, -0.05) is 371 Å². The summed E-state index contributed by atoms with van der Waals surface area (Å²) in [6, 6.07) is 106. The van der Waals surface area contributed by atoms with E-state index in [2.05, 4.69) is 29.6 Å². The lowest BCUT2D eigenvalue weighted by molar-refractivity contribution is -0.163. The average Bonchev–Trinajstić information content (AvgIpc) is 0.731. The molecule has 652 valence electrons. The number of carbonyl (C=O) groups is 1. The van der Waals surface area contributed by atoms with Crippen molar-refractivity contribution in [1.29, 1.82) is 0 Å². The average molecular weight is 1650 g/mol. The van der Waals surface area contributed by atoms with Gasteiger partial charge < -0.3 is 82.3 Å². The van der Waals surface area contributed by atoms with Crippen LogP contribution in [0.15, 0.2) is 334 Å². The molecule has 1 amide bonds.